The van der Waals surface area contributed by atoms with Crippen molar-refractivity contribution >= 4 is 34.7 Å². The number of fused-ring (bicyclic) bond motifs is 1. The normalized spacial score (nSPS) is 23.3. The van der Waals surface area contributed by atoms with Gasteiger partial charge in [0.15, 0.2) is 6.10 Å². The van der Waals surface area contributed by atoms with Crippen molar-refractivity contribution < 1.29 is 19.2 Å². The third kappa shape index (κ3) is 4.21. The molecule has 0 spiro atoms. The quantitative estimate of drug-likeness (QED) is 0.654. The zero-order valence-corrected chi connectivity index (χ0v) is 18.6. The van der Waals surface area contributed by atoms with E-state index in [4.69, 9.17) is 4.84 Å². The summed E-state index contributed by atoms with van der Waals surface area (Å²) in [5, 5.41) is 6.39. The van der Waals surface area contributed by atoms with E-state index in [1.807, 2.05) is 60.8 Å². The molecule has 3 heterocycles. The van der Waals surface area contributed by atoms with Gasteiger partial charge in [0.25, 0.3) is 5.91 Å². The van der Waals surface area contributed by atoms with E-state index in [9.17, 15) is 14.4 Å². The predicted molar refractivity (Wildman–Crippen MR) is 117 cm³/mol. The zero-order valence-electron chi connectivity index (χ0n) is 17.8. The first-order valence-electron chi connectivity index (χ1n) is 10.2. The topological polar surface area (TPSA) is 82.2 Å². The van der Waals surface area contributed by atoms with E-state index in [-0.39, 0.29) is 24.3 Å². The van der Waals surface area contributed by atoms with E-state index in [1.54, 1.807) is 11.3 Å². The molecule has 1 N–H and O–H groups in total. The summed E-state index contributed by atoms with van der Waals surface area (Å²) in [6.07, 6.45) is -0.137. The van der Waals surface area contributed by atoms with Crippen molar-refractivity contribution in [2.75, 3.05) is 39.1 Å². The van der Waals surface area contributed by atoms with Crippen LogP contribution in [0.25, 0.3) is 0 Å². The number of carbonyl (C=O) groups excluding carboxylic acids is 3. The van der Waals surface area contributed by atoms with Gasteiger partial charge in [-0.15, -0.1) is 11.3 Å². The minimum Gasteiger partial charge on any atom is -0.378 e. The van der Waals surface area contributed by atoms with Crippen LogP contribution in [0, 0.1) is 5.92 Å². The molecular weight excluding hydrogens is 416 g/mol. The van der Waals surface area contributed by atoms with Crippen LogP contribution in [0.5, 0.6) is 0 Å². The molecule has 2 fully saturated rings. The van der Waals surface area contributed by atoms with Crippen molar-refractivity contribution in [3.05, 3.63) is 52.2 Å². The number of anilines is 1. The molecule has 2 aromatic rings. The highest BCUT2D eigenvalue weighted by Gasteiger charge is 2.58. The lowest BCUT2D eigenvalue weighted by Crippen LogP contribution is -2.40. The second-order valence-corrected chi connectivity index (χ2v) is 9.00. The van der Waals surface area contributed by atoms with Crippen molar-refractivity contribution in [3.8, 4) is 0 Å². The summed E-state index contributed by atoms with van der Waals surface area (Å²) in [4.78, 5) is 48.0. The molecule has 31 heavy (non-hydrogen) atoms. The third-order valence-electron chi connectivity index (χ3n) is 5.74. The van der Waals surface area contributed by atoms with Crippen LogP contribution in [0.2, 0.25) is 0 Å². The van der Waals surface area contributed by atoms with Gasteiger partial charge in [0, 0.05) is 38.3 Å². The van der Waals surface area contributed by atoms with Crippen LogP contribution >= 0.6 is 11.3 Å². The number of nitrogens with zero attached hydrogens (tertiary/aromatic N) is 3. The van der Waals surface area contributed by atoms with Gasteiger partial charge >= 0.3 is 0 Å². The summed E-state index contributed by atoms with van der Waals surface area (Å²) >= 11 is 1.65. The number of thiophene rings is 1. The van der Waals surface area contributed by atoms with E-state index in [0.717, 1.165) is 22.6 Å². The van der Waals surface area contributed by atoms with Crippen molar-refractivity contribution in [1.82, 2.24) is 15.3 Å². The van der Waals surface area contributed by atoms with Crippen LogP contribution in [0.3, 0.4) is 0 Å². The van der Waals surface area contributed by atoms with Crippen molar-refractivity contribution in [2.24, 2.45) is 5.92 Å². The Morgan fingerprint density at radius 2 is 1.90 bits per heavy atom. The Labute approximate surface area is 185 Å². The highest BCUT2D eigenvalue weighted by molar-refractivity contribution is 7.09. The molecule has 8 nitrogen and oxygen atoms in total. The summed E-state index contributed by atoms with van der Waals surface area (Å²) in [6, 6.07) is 11.2. The van der Waals surface area contributed by atoms with Gasteiger partial charge in [-0.05, 0) is 35.6 Å². The van der Waals surface area contributed by atoms with Gasteiger partial charge < -0.3 is 10.2 Å². The minimum atomic E-state index is -0.894. The molecule has 0 bridgehead atoms. The summed E-state index contributed by atoms with van der Waals surface area (Å²) < 4.78 is 0. The number of amides is 3. The standard InChI is InChI=1S/C22H26N4O4S/c1-24(2)15-8-6-14(7-9-15)19-18-20(22(29)25(3)21(18)28)30-26(19)13-17(27)23-11-10-16-5-4-12-31-16/h4-9,12,18-20H,10-11,13H2,1-3H3,(H,23,27). The lowest BCUT2D eigenvalue weighted by Gasteiger charge is -2.26. The minimum absolute atomic E-state index is 0.0538. The fourth-order valence-corrected chi connectivity index (χ4v) is 4.77. The number of rotatable bonds is 7. The fraction of sp³-hybridized carbons (Fsp3) is 0.409. The Balaban J connectivity index is 1.50. The number of carbonyl (C=O) groups is 3. The number of hydroxylamine groups is 2. The van der Waals surface area contributed by atoms with E-state index in [2.05, 4.69) is 5.32 Å². The van der Waals surface area contributed by atoms with Crippen LogP contribution in [-0.2, 0) is 25.6 Å². The molecule has 4 rings (SSSR count). The molecular formula is C22H26N4O4S. The molecule has 2 saturated heterocycles. The summed E-state index contributed by atoms with van der Waals surface area (Å²) in [5.41, 5.74) is 1.85. The van der Waals surface area contributed by atoms with Crippen LogP contribution in [-0.4, -0.2) is 68.0 Å². The molecule has 2 aliphatic heterocycles. The van der Waals surface area contributed by atoms with Crippen LogP contribution in [0.1, 0.15) is 16.5 Å². The Morgan fingerprint density at radius 1 is 1.16 bits per heavy atom. The van der Waals surface area contributed by atoms with Crippen LogP contribution in [0.15, 0.2) is 41.8 Å². The second kappa shape index (κ2) is 8.78. The smallest absolute Gasteiger partial charge is 0.261 e. The molecule has 3 atom stereocenters. The highest BCUT2D eigenvalue weighted by atomic mass is 32.1. The van der Waals surface area contributed by atoms with Crippen molar-refractivity contribution in [1.29, 1.82) is 0 Å². The fourth-order valence-electron chi connectivity index (χ4n) is 4.06. The molecule has 1 aromatic heterocycles. The molecule has 0 saturated carbocycles. The number of imide groups is 1. The molecule has 2 aliphatic rings. The number of benzene rings is 1. The molecule has 3 amide bonds. The number of likely N-dealkylation sites (N-methyl/N-ethyl adjacent to an activating group) is 1. The first-order chi connectivity index (χ1) is 14.9. The average Bonchev–Trinajstić information content (AvgIpc) is 3.44. The Bertz CT molecular complexity index is 960. The first-order valence-corrected chi connectivity index (χ1v) is 11.1. The van der Waals surface area contributed by atoms with Crippen LogP contribution in [0.4, 0.5) is 5.69 Å². The van der Waals surface area contributed by atoms with Gasteiger partial charge in [-0.3, -0.25) is 24.1 Å². The number of nitrogens with one attached hydrogen (secondary N) is 1. The lowest BCUT2D eigenvalue weighted by molar-refractivity contribution is -0.181. The monoisotopic (exact) mass is 442 g/mol. The molecule has 0 aliphatic carbocycles. The Kier molecular flexibility index (Phi) is 6.08. The predicted octanol–water partition coefficient (Wildman–Crippen LogP) is 1.44. The maximum atomic E-state index is 12.8. The van der Waals surface area contributed by atoms with Crippen LogP contribution < -0.4 is 10.2 Å². The van der Waals surface area contributed by atoms with Gasteiger partial charge in [-0.1, -0.05) is 18.2 Å². The summed E-state index contributed by atoms with van der Waals surface area (Å²) in [5.74, 6) is -1.52. The van der Waals surface area contributed by atoms with Gasteiger partial charge in [0.05, 0.1) is 12.0 Å². The van der Waals surface area contributed by atoms with Gasteiger partial charge in [0.2, 0.25) is 11.8 Å². The molecule has 0 radical (unpaired) electrons. The third-order valence-corrected chi connectivity index (χ3v) is 6.68. The number of hydrogen-bond donors (Lipinski definition) is 1. The summed E-state index contributed by atoms with van der Waals surface area (Å²) in [7, 11) is 5.37. The lowest BCUT2D eigenvalue weighted by atomic mass is 9.90. The Morgan fingerprint density at radius 3 is 2.55 bits per heavy atom. The highest BCUT2D eigenvalue weighted by Crippen LogP contribution is 2.44. The maximum Gasteiger partial charge on any atom is 0.261 e. The molecule has 3 unspecified atom stereocenters. The largest absolute Gasteiger partial charge is 0.378 e. The molecule has 1 aromatic carbocycles. The zero-order chi connectivity index (χ0) is 22.1. The van der Waals surface area contributed by atoms with Gasteiger partial charge in [-0.2, -0.15) is 5.06 Å². The average molecular weight is 443 g/mol. The molecule has 164 valence electrons. The Hall–Kier alpha value is -2.75. The van der Waals surface area contributed by atoms with Crippen molar-refractivity contribution in [3.63, 3.8) is 0 Å². The first kappa shape index (κ1) is 21.5. The summed E-state index contributed by atoms with van der Waals surface area (Å²) in [6.45, 7) is 0.463. The molecule has 9 heteroatoms. The maximum absolute atomic E-state index is 12.8. The van der Waals surface area contributed by atoms with Crippen molar-refractivity contribution in [2.45, 2.75) is 18.6 Å². The van der Waals surface area contributed by atoms with Gasteiger partial charge in [-0.25, -0.2) is 0 Å². The number of likely N-dealkylation sites (tertiary alicyclic amines) is 1. The van der Waals surface area contributed by atoms with E-state index >= 15 is 0 Å². The number of hydrogen-bond acceptors (Lipinski definition) is 7. The van der Waals surface area contributed by atoms with E-state index in [0.29, 0.717) is 6.54 Å². The van der Waals surface area contributed by atoms with E-state index in [1.165, 1.54) is 17.0 Å². The second-order valence-electron chi connectivity index (χ2n) is 7.97. The van der Waals surface area contributed by atoms with E-state index < -0.39 is 18.1 Å². The van der Waals surface area contributed by atoms with Gasteiger partial charge in [0.1, 0.15) is 6.54 Å². The SMILES string of the molecule is CN1C(=O)C2ON(CC(=O)NCCc3cccs3)C(c3ccc(N(C)C)cc3)C2C1=O.